The summed E-state index contributed by atoms with van der Waals surface area (Å²) in [7, 11) is 1.89. The highest BCUT2D eigenvalue weighted by molar-refractivity contribution is 6.06. The summed E-state index contributed by atoms with van der Waals surface area (Å²) in [5.74, 6) is 0.0563. The van der Waals surface area contributed by atoms with Gasteiger partial charge in [0.05, 0.1) is 11.6 Å². The van der Waals surface area contributed by atoms with Gasteiger partial charge in [0.25, 0.3) is 0 Å². The summed E-state index contributed by atoms with van der Waals surface area (Å²) in [4.78, 5) is 11.9. The van der Waals surface area contributed by atoms with Gasteiger partial charge in [-0.05, 0) is 31.0 Å². The van der Waals surface area contributed by atoms with Crippen LogP contribution in [-0.2, 0) is 17.3 Å². The molecule has 1 aliphatic rings. The van der Waals surface area contributed by atoms with Crippen LogP contribution in [0.25, 0.3) is 11.1 Å². The van der Waals surface area contributed by atoms with Crippen LogP contribution in [0.15, 0.2) is 30.6 Å². The standard InChI is InChI=1S/C14H15N3O/c1-14(2)11-5-4-9(6-12(11)16-13(14)18)10-7-15-17(3)8-10/h4-8H,1-3H3,(H,16,18). The topological polar surface area (TPSA) is 46.9 Å². The van der Waals surface area contributed by atoms with Crippen molar-refractivity contribution in [2.24, 2.45) is 7.05 Å². The van der Waals surface area contributed by atoms with Gasteiger partial charge in [-0.3, -0.25) is 9.48 Å². The zero-order valence-electron chi connectivity index (χ0n) is 10.7. The quantitative estimate of drug-likeness (QED) is 0.832. The average molecular weight is 241 g/mol. The second-order valence-corrected chi connectivity index (χ2v) is 5.24. The smallest absolute Gasteiger partial charge is 0.234 e. The van der Waals surface area contributed by atoms with Crippen molar-refractivity contribution in [3.05, 3.63) is 36.2 Å². The van der Waals surface area contributed by atoms with Gasteiger partial charge in [-0.25, -0.2) is 0 Å². The van der Waals surface area contributed by atoms with Crippen molar-refractivity contribution in [1.82, 2.24) is 9.78 Å². The molecule has 1 aromatic carbocycles. The summed E-state index contributed by atoms with van der Waals surface area (Å²) in [5, 5.41) is 7.10. The lowest BCUT2D eigenvalue weighted by Crippen LogP contribution is -2.26. The maximum absolute atomic E-state index is 11.9. The van der Waals surface area contributed by atoms with E-state index in [0.717, 1.165) is 22.4 Å². The number of anilines is 1. The fourth-order valence-corrected chi connectivity index (χ4v) is 2.34. The molecular weight excluding hydrogens is 226 g/mol. The molecule has 0 spiro atoms. The number of hydrogen-bond acceptors (Lipinski definition) is 2. The molecule has 1 aromatic heterocycles. The molecule has 0 unspecified atom stereocenters. The predicted octanol–water partition coefficient (Wildman–Crippen LogP) is 2.32. The Morgan fingerprint density at radius 2 is 2.06 bits per heavy atom. The lowest BCUT2D eigenvalue weighted by Gasteiger charge is -2.14. The number of carbonyl (C=O) groups excluding carboxylic acids is 1. The van der Waals surface area contributed by atoms with E-state index >= 15 is 0 Å². The van der Waals surface area contributed by atoms with Crippen LogP contribution >= 0.6 is 0 Å². The van der Waals surface area contributed by atoms with Gasteiger partial charge >= 0.3 is 0 Å². The number of aryl methyl sites for hydroxylation is 1. The predicted molar refractivity (Wildman–Crippen MR) is 70.3 cm³/mol. The van der Waals surface area contributed by atoms with Gasteiger partial charge < -0.3 is 5.32 Å². The number of nitrogens with one attached hydrogen (secondary N) is 1. The Balaban J connectivity index is 2.09. The van der Waals surface area contributed by atoms with Crippen molar-refractivity contribution in [1.29, 1.82) is 0 Å². The summed E-state index contributed by atoms with van der Waals surface area (Å²) in [6.07, 6.45) is 3.79. The summed E-state index contributed by atoms with van der Waals surface area (Å²) in [6, 6.07) is 6.08. The monoisotopic (exact) mass is 241 g/mol. The number of fused-ring (bicyclic) bond motifs is 1. The Morgan fingerprint density at radius 3 is 2.72 bits per heavy atom. The molecule has 4 nitrogen and oxygen atoms in total. The summed E-state index contributed by atoms with van der Waals surface area (Å²) < 4.78 is 1.77. The first-order valence-corrected chi connectivity index (χ1v) is 5.93. The molecule has 1 amide bonds. The second kappa shape index (κ2) is 3.45. The molecule has 0 saturated heterocycles. The minimum atomic E-state index is -0.442. The zero-order chi connectivity index (χ0) is 12.9. The molecule has 0 fully saturated rings. The summed E-state index contributed by atoms with van der Waals surface area (Å²) in [6.45, 7) is 3.88. The number of aromatic nitrogens is 2. The van der Waals surface area contributed by atoms with Crippen molar-refractivity contribution >= 4 is 11.6 Å². The highest BCUT2D eigenvalue weighted by Crippen LogP contribution is 2.39. The van der Waals surface area contributed by atoms with E-state index in [1.807, 2.05) is 51.5 Å². The van der Waals surface area contributed by atoms with Crippen molar-refractivity contribution in [2.45, 2.75) is 19.3 Å². The minimum Gasteiger partial charge on any atom is -0.325 e. The Morgan fingerprint density at radius 1 is 1.28 bits per heavy atom. The van der Waals surface area contributed by atoms with E-state index in [1.165, 1.54) is 0 Å². The van der Waals surface area contributed by atoms with E-state index in [2.05, 4.69) is 10.4 Å². The molecule has 0 atom stereocenters. The van der Waals surface area contributed by atoms with E-state index in [0.29, 0.717) is 0 Å². The molecule has 2 heterocycles. The highest BCUT2D eigenvalue weighted by Gasteiger charge is 2.38. The minimum absolute atomic E-state index is 0.0563. The molecule has 1 aliphatic heterocycles. The Bertz CT molecular complexity index is 640. The molecule has 0 saturated carbocycles. The molecule has 92 valence electrons. The molecular formula is C14H15N3O. The first-order chi connectivity index (χ1) is 8.48. The van der Waals surface area contributed by atoms with Crippen LogP contribution in [0.5, 0.6) is 0 Å². The van der Waals surface area contributed by atoms with Crippen molar-refractivity contribution in [3.63, 3.8) is 0 Å². The lowest BCUT2D eigenvalue weighted by molar-refractivity contribution is -0.119. The zero-order valence-corrected chi connectivity index (χ0v) is 10.7. The number of amides is 1. The first kappa shape index (κ1) is 11.0. The Hall–Kier alpha value is -2.10. The SMILES string of the molecule is Cn1cc(-c2ccc3c(c2)NC(=O)C3(C)C)cn1. The molecule has 3 rings (SSSR count). The normalized spacial score (nSPS) is 16.5. The van der Waals surface area contributed by atoms with Gasteiger partial charge in [-0.15, -0.1) is 0 Å². The van der Waals surface area contributed by atoms with E-state index in [9.17, 15) is 4.79 Å². The molecule has 4 heteroatoms. The average Bonchev–Trinajstić information content (AvgIpc) is 2.83. The van der Waals surface area contributed by atoms with Crippen LogP contribution in [0.3, 0.4) is 0 Å². The third-order valence-corrected chi connectivity index (χ3v) is 3.55. The third kappa shape index (κ3) is 1.45. The number of hydrogen-bond donors (Lipinski definition) is 1. The summed E-state index contributed by atoms with van der Waals surface area (Å²) >= 11 is 0. The molecule has 0 radical (unpaired) electrons. The van der Waals surface area contributed by atoms with Crippen LogP contribution < -0.4 is 5.32 Å². The molecule has 0 bridgehead atoms. The van der Waals surface area contributed by atoms with Gasteiger partial charge in [-0.1, -0.05) is 12.1 Å². The lowest BCUT2D eigenvalue weighted by atomic mass is 9.85. The van der Waals surface area contributed by atoms with Gasteiger partial charge in [0.2, 0.25) is 5.91 Å². The van der Waals surface area contributed by atoms with Crippen molar-refractivity contribution < 1.29 is 4.79 Å². The van der Waals surface area contributed by atoms with Gasteiger partial charge in [0.1, 0.15) is 0 Å². The van der Waals surface area contributed by atoms with E-state index in [-0.39, 0.29) is 5.91 Å². The van der Waals surface area contributed by atoms with E-state index in [1.54, 1.807) is 4.68 Å². The van der Waals surface area contributed by atoms with Crippen LogP contribution in [-0.4, -0.2) is 15.7 Å². The van der Waals surface area contributed by atoms with Gasteiger partial charge in [0, 0.05) is 24.5 Å². The molecule has 0 aliphatic carbocycles. The molecule has 1 N–H and O–H groups in total. The molecule has 18 heavy (non-hydrogen) atoms. The fourth-order valence-electron chi connectivity index (χ4n) is 2.34. The first-order valence-electron chi connectivity index (χ1n) is 5.93. The fraction of sp³-hybridized carbons (Fsp3) is 0.286. The Kier molecular flexibility index (Phi) is 2.11. The number of carbonyl (C=O) groups is 1. The van der Waals surface area contributed by atoms with E-state index < -0.39 is 5.41 Å². The Labute approximate surface area is 106 Å². The van der Waals surface area contributed by atoms with Crippen LogP contribution in [0.1, 0.15) is 19.4 Å². The van der Waals surface area contributed by atoms with Crippen LogP contribution in [0, 0.1) is 0 Å². The largest absolute Gasteiger partial charge is 0.325 e. The second-order valence-electron chi connectivity index (χ2n) is 5.24. The number of rotatable bonds is 1. The summed E-state index contributed by atoms with van der Waals surface area (Å²) in [5.41, 5.74) is 3.65. The van der Waals surface area contributed by atoms with Gasteiger partial charge in [0.15, 0.2) is 0 Å². The number of nitrogens with zero attached hydrogens (tertiary/aromatic N) is 2. The van der Waals surface area contributed by atoms with Gasteiger partial charge in [-0.2, -0.15) is 5.10 Å². The van der Waals surface area contributed by atoms with Crippen LogP contribution in [0.2, 0.25) is 0 Å². The van der Waals surface area contributed by atoms with E-state index in [4.69, 9.17) is 0 Å². The third-order valence-electron chi connectivity index (χ3n) is 3.55. The molecule has 2 aromatic rings. The van der Waals surface area contributed by atoms with Crippen LogP contribution in [0.4, 0.5) is 5.69 Å². The number of benzene rings is 1. The van der Waals surface area contributed by atoms with Crippen molar-refractivity contribution in [2.75, 3.05) is 5.32 Å². The maximum Gasteiger partial charge on any atom is 0.234 e. The highest BCUT2D eigenvalue weighted by atomic mass is 16.2. The van der Waals surface area contributed by atoms with Crippen molar-refractivity contribution in [3.8, 4) is 11.1 Å². The maximum atomic E-state index is 11.9.